The van der Waals surface area contributed by atoms with Crippen LogP contribution in [0.15, 0.2) is 28.6 Å². The first-order valence-corrected chi connectivity index (χ1v) is 9.63. The summed E-state index contributed by atoms with van der Waals surface area (Å²) in [5, 5.41) is 10.00. The van der Waals surface area contributed by atoms with Crippen LogP contribution in [0.4, 0.5) is 0 Å². The predicted molar refractivity (Wildman–Crippen MR) is 121 cm³/mol. The van der Waals surface area contributed by atoms with Gasteiger partial charge >= 0.3 is 0 Å². The smallest absolute Gasteiger partial charge is 0.191 e. The van der Waals surface area contributed by atoms with Gasteiger partial charge in [0.25, 0.3) is 0 Å². The highest BCUT2D eigenvalue weighted by Gasteiger charge is 2.05. The topological polar surface area (TPSA) is 58.5 Å². The molecule has 5 nitrogen and oxygen atoms in total. The molecule has 0 aliphatic heterocycles. The Hall–Kier alpha value is -1.35. The number of benzene rings is 1. The number of rotatable bonds is 8. The summed E-state index contributed by atoms with van der Waals surface area (Å²) >= 11 is 1.73. The largest absolute Gasteiger partial charge is 0.496 e. The monoisotopic (exact) mass is 488 g/mol. The molecule has 2 rings (SSSR count). The molecule has 2 N–H and O–H groups in total. The second-order valence-electron chi connectivity index (χ2n) is 5.77. The van der Waals surface area contributed by atoms with E-state index in [9.17, 15) is 0 Å². The van der Waals surface area contributed by atoms with Gasteiger partial charge in [-0.05, 0) is 31.9 Å². The predicted octanol–water partition coefficient (Wildman–Crippen LogP) is 3.94. The molecule has 0 aliphatic rings. The molecule has 0 radical (unpaired) electrons. The maximum Gasteiger partial charge on any atom is 0.191 e. The van der Waals surface area contributed by atoms with Crippen LogP contribution in [0.25, 0.3) is 0 Å². The first kappa shape index (κ1) is 22.7. The number of hydrogen-bond donors (Lipinski definition) is 2. The van der Waals surface area contributed by atoms with Gasteiger partial charge < -0.3 is 15.4 Å². The number of thiazole rings is 1. The molecule has 0 amide bonds. The van der Waals surface area contributed by atoms with Crippen LogP contribution in [0.1, 0.15) is 35.7 Å². The molecule has 0 unspecified atom stereocenters. The number of nitrogens with one attached hydrogen (secondary N) is 2. The SMILES string of the molecule is CCNC(=NCc1ccc(C)cc1OC)NCCc1csc(CC)n1.I. The van der Waals surface area contributed by atoms with Crippen molar-refractivity contribution in [2.75, 3.05) is 20.2 Å². The minimum absolute atomic E-state index is 0. The summed E-state index contributed by atoms with van der Waals surface area (Å²) in [7, 11) is 1.70. The van der Waals surface area contributed by atoms with E-state index in [0.29, 0.717) is 6.54 Å². The van der Waals surface area contributed by atoms with Gasteiger partial charge in [-0.2, -0.15) is 0 Å². The maximum atomic E-state index is 5.45. The van der Waals surface area contributed by atoms with Crippen molar-refractivity contribution in [2.24, 2.45) is 4.99 Å². The molecule has 144 valence electrons. The third kappa shape index (κ3) is 7.11. The average molecular weight is 488 g/mol. The lowest BCUT2D eigenvalue weighted by molar-refractivity contribution is 0.409. The lowest BCUT2D eigenvalue weighted by atomic mass is 10.1. The molecule has 7 heteroatoms. The van der Waals surface area contributed by atoms with Crippen molar-refractivity contribution >= 4 is 41.3 Å². The van der Waals surface area contributed by atoms with Gasteiger partial charge in [0.15, 0.2) is 5.96 Å². The first-order chi connectivity index (χ1) is 12.2. The number of halogens is 1. The Kier molecular flexibility index (Phi) is 10.6. The van der Waals surface area contributed by atoms with E-state index in [-0.39, 0.29) is 24.0 Å². The molecular formula is C19H29IN4OS. The zero-order chi connectivity index (χ0) is 18.1. The summed E-state index contributed by atoms with van der Waals surface area (Å²) in [6.07, 6.45) is 1.90. The van der Waals surface area contributed by atoms with E-state index in [1.165, 1.54) is 10.6 Å². The van der Waals surface area contributed by atoms with Crippen molar-refractivity contribution in [1.29, 1.82) is 0 Å². The van der Waals surface area contributed by atoms with E-state index in [1.807, 2.05) is 6.07 Å². The summed E-state index contributed by atoms with van der Waals surface area (Å²) in [4.78, 5) is 9.27. The molecule has 0 saturated carbocycles. The fourth-order valence-electron chi connectivity index (χ4n) is 2.42. The zero-order valence-corrected chi connectivity index (χ0v) is 19.1. The van der Waals surface area contributed by atoms with Gasteiger partial charge in [-0.25, -0.2) is 9.98 Å². The molecule has 1 heterocycles. The van der Waals surface area contributed by atoms with Gasteiger partial charge in [0, 0.05) is 30.5 Å². The maximum absolute atomic E-state index is 5.45. The van der Waals surface area contributed by atoms with E-state index >= 15 is 0 Å². The van der Waals surface area contributed by atoms with E-state index in [0.717, 1.165) is 48.9 Å². The van der Waals surface area contributed by atoms with Crippen molar-refractivity contribution in [3.05, 3.63) is 45.4 Å². The third-order valence-electron chi connectivity index (χ3n) is 3.77. The molecule has 0 fully saturated rings. The van der Waals surface area contributed by atoms with Gasteiger partial charge in [0.1, 0.15) is 5.75 Å². The molecular weight excluding hydrogens is 459 g/mol. The highest BCUT2D eigenvalue weighted by molar-refractivity contribution is 14.0. The van der Waals surface area contributed by atoms with Crippen LogP contribution in [0.3, 0.4) is 0 Å². The van der Waals surface area contributed by atoms with Crippen molar-refractivity contribution < 1.29 is 4.74 Å². The molecule has 0 saturated heterocycles. The Bertz CT molecular complexity index is 703. The number of nitrogens with zero attached hydrogens (tertiary/aromatic N) is 2. The molecule has 0 spiro atoms. The summed E-state index contributed by atoms with van der Waals surface area (Å²) in [5.41, 5.74) is 3.41. The fourth-order valence-corrected chi connectivity index (χ4v) is 3.20. The van der Waals surface area contributed by atoms with Gasteiger partial charge in [-0.1, -0.05) is 19.1 Å². The second kappa shape index (κ2) is 12.1. The molecule has 2 aromatic rings. The van der Waals surface area contributed by atoms with Gasteiger partial charge in [-0.3, -0.25) is 0 Å². The second-order valence-corrected chi connectivity index (χ2v) is 6.72. The molecule has 0 atom stereocenters. The normalized spacial score (nSPS) is 11.0. The number of aliphatic imine (C=N–C) groups is 1. The third-order valence-corrected chi connectivity index (χ3v) is 4.81. The Balaban J connectivity index is 0.00000338. The standard InChI is InChI=1S/C19H28N4OS.HI/c1-5-18-23-16(13-25-18)9-10-21-19(20-6-2)22-12-15-8-7-14(3)11-17(15)24-4;/h7-8,11,13H,5-6,9-10,12H2,1-4H3,(H2,20,21,22);1H. The van der Waals surface area contributed by atoms with Gasteiger partial charge in [0.2, 0.25) is 0 Å². The number of guanidine groups is 1. The van der Waals surface area contributed by atoms with Crippen LogP contribution < -0.4 is 15.4 Å². The van der Waals surface area contributed by atoms with Gasteiger partial charge in [0.05, 0.1) is 24.4 Å². The van der Waals surface area contributed by atoms with E-state index in [1.54, 1.807) is 18.4 Å². The Morgan fingerprint density at radius 3 is 2.73 bits per heavy atom. The lowest BCUT2D eigenvalue weighted by Gasteiger charge is -2.12. The minimum Gasteiger partial charge on any atom is -0.496 e. The number of aromatic nitrogens is 1. The Morgan fingerprint density at radius 1 is 1.27 bits per heavy atom. The van der Waals surface area contributed by atoms with Crippen LogP contribution in [0, 0.1) is 6.92 Å². The number of methoxy groups -OCH3 is 1. The molecule has 1 aromatic heterocycles. The summed E-state index contributed by atoms with van der Waals surface area (Å²) in [5.74, 6) is 1.70. The van der Waals surface area contributed by atoms with Crippen LogP contribution in [-0.2, 0) is 19.4 Å². The highest BCUT2D eigenvalue weighted by atomic mass is 127. The van der Waals surface area contributed by atoms with E-state index in [2.05, 4.69) is 58.9 Å². The fraction of sp³-hybridized carbons (Fsp3) is 0.474. The van der Waals surface area contributed by atoms with Crippen molar-refractivity contribution in [2.45, 2.75) is 40.2 Å². The molecule has 0 aliphatic carbocycles. The Morgan fingerprint density at radius 2 is 2.08 bits per heavy atom. The summed E-state index contributed by atoms with van der Waals surface area (Å²) in [6.45, 7) is 8.48. The highest BCUT2D eigenvalue weighted by Crippen LogP contribution is 2.20. The molecule has 0 bridgehead atoms. The number of aryl methyl sites for hydroxylation is 2. The van der Waals surface area contributed by atoms with Crippen LogP contribution in [0.2, 0.25) is 0 Å². The number of hydrogen-bond acceptors (Lipinski definition) is 4. The summed E-state index contributed by atoms with van der Waals surface area (Å²) < 4.78 is 5.45. The van der Waals surface area contributed by atoms with Crippen molar-refractivity contribution in [1.82, 2.24) is 15.6 Å². The molecule has 26 heavy (non-hydrogen) atoms. The first-order valence-electron chi connectivity index (χ1n) is 8.75. The average Bonchev–Trinajstić information content (AvgIpc) is 3.08. The van der Waals surface area contributed by atoms with Crippen molar-refractivity contribution in [3.63, 3.8) is 0 Å². The zero-order valence-electron chi connectivity index (χ0n) is 16.0. The van der Waals surface area contributed by atoms with Crippen LogP contribution in [-0.4, -0.2) is 31.1 Å². The number of ether oxygens (including phenoxy) is 1. The summed E-state index contributed by atoms with van der Waals surface area (Å²) in [6, 6.07) is 6.20. The molecule has 1 aromatic carbocycles. The van der Waals surface area contributed by atoms with Gasteiger partial charge in [-0.15, -0.1) is 35.3 Å². The lowest BCUT2D eigenvalue weighted by Crippen LogP contribution is -2.38. The Labute approximate surface area is 177 Å². The quantitative estimate of drug-likeness (QED) is 0.336. The minimum atomic E-state index is 0. The van der Waals surface area contributed by atoms with Crippen LogP contribution >= 0.6 is 35.3 Å². The van der Waals surface area contributed by atoms with Crippen molar-refractivity contribution in [3.8, 4) is 5.75 Å². The van der Waals surface area contributed by atoms with Crippen LogP contribution in [0.5, 0.6) is 5.75 Å². The van der Waals surface area contributed by atoms with E-state index in [4.69, 9.17) is 4.74 Å². The van der Waals surface area contributed by atoms with E-state index < -0.39 is 0 Å².